The van der Waals surface area contributed by atoms with Gasteiger partial charge in [0.15, 0.2) is 12.0 Å². The van der Waals surface area contributed by atoms with Gasteiger partial charge in [-0.1, -0.05) is 6.08 Å². The smallest absolute Gasteiger partial charge is 0.382 e. The van der Waals surface area contributed by atoms with Gasteiger partial charge in [0.25, 0.3) is 0 Å². The van der Waals surface area contributed by atoms with Crippen molar-refractivity contribution in [3.8, 4) is 0 Å². The number of rotatable bonds is 4. The molecule has 0 atom stereocenters. The Morgan fingerprint density at radius 1 is 1.58 bits per heavy atom. The molecule has 0 aromatic carbocycles. The van der Waals surface area contributed by atoms with E-state index in [4.69, 9.17) is 0 Å². The molecule has 2 nitrogen and oxygen atoms in total. The van der Waals surface area contributed by atoms with Crippen molar-refractivity contribution in [1.82, 2.24) is 0 Å². The summed E-state index contributed by atoms with van der Waals surface area (Å²) in [5.74, 6) is -0.891. The van der Waals surface area contributed by atoms with Crippen LogP contribution < -0.4 is 0 Å². The third-order valence-electron chi connectivity index (χ3n) is 0.782. The average molecular weight is 200 g/mol. The summed E-state index contributed by atoms with van der Waals surface area (Å²) < 4.78 is 38.0. The summed E-state index contributed by atoms with van der Waals surface area (Å²) >= 11 is -0.792. The van der Waals surface area contributed by atoms with Gasteiger partial charge in [-0.05, 0) is 6.42 Å². The van der Waals surface area contributed by atoms with Crippen molar-refractivity contribution in [3.05, 3.63) is 12.7 Å². The van der Waals surface area contributed by atoms with E-state index in [0.717, 1.165) is 0 Å². The van der Waals surface area contributed by atoms with E-state index in [2.05, 4.69) is 10.8 Å². The standard InChI is InChI=1S/C6H7F3O2S/c1-2-3-4-5(10)11-12-6(7,8)9/h2H,1,3-4H2. The Hall–Kier alpha value is -0.650. The highest BCUT2D eigenvalue weighted by Gasteiger charge is 2.32. The molecule has 0 aromatic heterocycles. The van der Waals surface area contributed by atoms with Gasteiger partial charge in [-0.15, -0.1) is 6.58 Å². The number of hydrogen-bond acceptors (Lipinski definition) is 3. The zero-order valence-corrected chi connectivity index (χ0v) is 6.87. The van der Waals surface area contributed by atoms with Gasteiger partial charge in [0.1, 0.15) is 0 Å². The van der Waals surface area contributed by atoms with Crippen molar-refractivity contribution in [2.75, 3.05) is 0 Å². The molecule has 0 spiro atoms. The van der Waals surface area contributed by atoms with Crippen LogP contribution in [-0.4, -0.2) is 11.5 Å². The van der Waals surface area contributed by atoms with Crippen LogP contribution in [0.5, 0.6) is 0 Å². The lowest BCUT2D eigenvalue weighted by Gasteiger charge is -2.03. The second-order valence-corrected chi connectivity index (χ2v) is 2.61. The van der Waals surface area contributed by atoms with Gasteiger partial charge in [-0.2, -0.15) is 13.2 Å². The third-order valence-corrected chi connectivity index (χ3v) is 1.24. The predicted octanol–water partition coefficient (Wildman–Crippen LogP) is 2.66. The van der Waals surface area contributed by atoms with Crippen LogP contribution in [-0.2, 0) is 8.98 Å². The fourth-order valence-corrected chi connectivity index (χ4v) is 0.626. The lowest BCUT2D eigenvalue weighted by atomic mass is 10.3. The Kier molecular flexibility index (Phi) is 4.80. The van der Waals surface area contributed by atoms with E-state index in [1.165, 1.54) is 6.08 Å². The van der Waals surface area contributed by atoms with Crippen molar-refractivity contribution >= 4 is 18.0 Å². The van der Waals surface area contributed by atoms with Gasteiger partial charge in [0.2, 0.25) is 0 Å². The van der Waals surface area contributed by atoms with Crippen molar-refractivity contribution in [2.45, 2.75) is 18.3 Å². The molecule has 0 bridgehead atoms. The number of carbonyl (C=O) groups is 1. The molecule has 0 radical (unpaired) electrons. The SMILES string of the molecule is C=CCCC(=O)OSC(F)(F)F. The zero-order chi connectivity index (χ0) is 9.61. The Balaban J connectivity index is 3.51. The maximum absolute atomic E-state index is 11.4. The van der Waals surface area contributed by atoms with Crippen molar-refractivity contribution in [1.29, 1.82) is 0 Å². The van der Waals surface area contributed by atoms with E-state index in [1.807, 2.05) is 0 Å². The molecule has 0 aliphatic rings. The normalized spacial score (nSPS) is 10.9. The largest absolute Gasteiger partial charge is 0.479 e. The van der Waals surface area contributed by atoms with E-state index >= 15 is 0 Å². The zero-order valence-electron chi connectivity index (χ0n) is 6.06. The number of allylic oxidation sites excluding steroid dienone is 1. The van der Waals surface area contributed by atoms with Crippen LogP contribution in [0.3, 0.4) is 0 Å². The second kappa shape index (κ2) is 5.08. The predicted molar refractivity (Wildman–Crippen MR) is 39.2 cm³/mol. The lowest BCUT2D eigenvalue weighted by molar-refractivity contribution is -0.134. The number of halogens is 3. The van der Waals surface area contributed by atoms with Crippen molar-refractivity contribution < 1.29 is 22.1 Å². The molecule has 0 rings (SSSR count). The molecule has 6 heteroatoms. The molecule has 0 saturated carbocycles. The highest BCUT2D eigenvalue weighted by molar-refractivity contribution is 7.95. The third kappa shape index (κ3) is 7.46. The summed E-state index contributed by atoms with van der Waals surface area (Å²) in [6.07, 6.45) is 1.67. The molecule has 0 saturated heterocycles. The highest BCUT2D eigenvalue weighted by Crippen LogP contribution is 2.31. The summed E-state index contributed by atoms with van der Waals surface area (Å²) in [6.45, 7) is 3.30. The number of alkyl halides is 3. The Morgan fingerprint density at radius 2 is 2.17 bits per heavy atom. The molecule has 70 valence electrons. The second-order valence-electron chi connectivity index (χ2n) is 1.81. The van der Waals surface area contributed by atoms with Crippen molar-refractivity contribution in [3.63, 3.8) is 0 Å². The first-order valence-electron chi connectivity index (χ1n) is 3.02. The van der Waals surface area contributed by atoms with Crippen LogP contribution in [0, 0.1) is 0 Å². The lowest BCUT2D eigenvalue weighted by Crippen LogP contribution is -2.06. The summed E-state index contributed by atoms with van der Waals surface area (Å²) in [5.41, 5.74) is -4.52. The summed E-state index contributed by atoms with van der Waals surface area (Å²) in [5, 5.41) is 0. The summed E-state index contributed by atoms with van der Waals surface area (Å²) in [4.78, 5) is 10.5. The van der Waals surface area contributed by atoms with Crippen LogP contribution in [0.15, 0.2) is 12.7 Å². The van der Waals surface area contributed by atoms with Gasteiger partial charge in [0, 0.05) is 0 Å². The topological polar surface area (TPSA) is 26.3 Å². The van der Waals surface area contributed by atoms with E-state index in [-0.39, 0.29) is 6.42 Å². The molecule has 0 amide bonds. The van der Waals surface area contributed by atoms with Gasteiger partial charge in [-0.25, -0.2) is 0 Å². The quantitative estimate of drug-likeness (QED) is 0.515. The first-order valence-corrected chi connectivity index (χ1v) is 3.76. The van der Waals surface area contributed by atoms with E-state index < -0.39 is 23.5 Å². The minimum absolute atomic E-state index is 0.0768. The molecular weight excluding hydrogens is 193 g/mol. The molecule has 0 heterocycles. The van der Waals surface area contributed by atoms with Crippen LogP contribution in [0.1, 0.15) is 12.8 Å². The summed E-state index contributed by atoms with van der Waals surface area (Å²) in [7, 11) is 0. The van der Waals surface area contributed by atoms with Crippen molar-refractivity contribution in [2.24, 2.45) is 0 Å². The first-order chi connectivity index (χ1) is 5.45. The Morgan fingerprint density at radius 3 is 2.58 bits per heavy atom. The molecular formula is C6H7F3O2S. The summed E-state index contributed by atoms with van der Waals surface area (Å²) in [6, 6.07) is 0. The van der Waals surface area contributed by atoms with Crippen LogP contribution in [0.2, 0.25) is 0 Å². The molecule has 0 N–H and O–H groups in total. The van der Waals surface area contributed by atoms with E-state index in [1.54, 1.807) is 0 Å². The first kappa shape index (κ1) is 11.4. The molecule has 0 aromatic rings. The van der Waals surface area contributed by atoms with Crippen LogP contribution in [0.25, 0.3) is 0 Å². The molecule has 12 heavy (non-hydrogen) atoms. The van der Waals surface area contributed by atoms with Gasteiger partial charge in [0.05, 0.1) is 6.42 Å². The van der Waals surface area contributed by atoms with Gasteiger partial charge in [-0.3, -0.25) is 4.79 Å². The van der Waals surface area contributed by atoms with Gasteiger partial charge < -0.3 is 4.18 Å². The number of carbonyl (C=O) groups excluding carboxylic acids is 1. The van der Waals surface area contributed by atoms with Gasteiger partial charge >= 0.3 is 11.5 Å². The maximum Gasteiger partial charge on any atom is 0.479 e. The maximum atomic E-state index is 11.4. The minimum Gasteiger partial charge on any atom is -0.382 e. The fourth-order valence-electron chi connectivity index (χ4n) is 0.355. The van der Waals surface area contributed by atoms with E-state index in [0.29, 0.717) is 6.42 Å². The average Bonchev–Trinajstić information content (AvgIpc) is 1.95. The Labute approximate surface area is 72.0 Å². The molecule has 0 unspecified atom stereocenters. The monoisotopic (exact) mass is 200 g/mol. The Bertz CT molecular complexity index is 167. The van der Waals surface area contributed by atoms with Crippen LogP contribution in [0.4, 0.5) is 13.2 Å². The number of hydrogen-bond donors (Lipinski definition) is 0. The molecule has 0 fully saturated rings. The van der Waals surface area contributed by atoms with E-state index in [9.17, 15) is 18.0 Å². The molecule has 0 aliphatic carbocycles. The molecule has 0 aliphatic heterocycles. The minimum atomic E-state index is -4.52. The fraction of sp³-hybridized carbons (Fsp3) is 0.500. The van der Waals surface area contributed by atoms with Crippen LogP contribution >= 0.6 is 12.0 Å². The highest BCUT2D eigenvalue weighted by atomic mass is 32.2.